The fraction of sp³-hybridized carbons (Fsp3) is 0.346. The molecule has 3 heterocycles. The van der Waals surface area contributed by atoms with Gasteiger partial charge in [-0.3, -0.25) is 9.47 Å². The van der Waals surface area contributed by atoms with Crippen LogP contribution >= 0.6 is 11.8 Å². The number of rotatable bonds is 6. The molecule has 0 N–H and O–H groups in total. The summed E-state index contributed by atoms with van der Waals surface area (Å²) >= 11 is 1.60. The van der Waals surface area contributed by atoms with E-state index in [1.165, 1.54) is 24.8 Å². The Labute approximate surface area is 197 Å². The van der Waals surface area contributed by atoms with Crippen LogP contribution < -0.4 is 5.63 Å². The molecule has 1 aliphatic heterocycles. The lowest BCUT2D eigenvalue weighted by atomic mass is 10.0. The maximum absolute atomic E-state index is 12.2. The zero-order chi connectivity index (χ0) is 22.8. The number of fused-ring (bicyclic) bond motifs is 1. The summed E-state index contributed by atoms with van der Waals surface area (Å²) in [5.41, 5.74) is 4.61. The van der Waals surface area contributed by atoms with Crippen molar-refractivity contribution in [1.29, 1.82) is 0 Å². The molecule has 0 unspecified atom stereocenters. The minimum atomic E-state index is -0.323. The van der Waals surface area contributed by atoms with Crippen LogP contribution in [0.3, 0.4) is 0 Å². The van der Waals surface area contributed by atoms with E-state index in [0.717, 1.165) is 52.8 Å². The van der Waals surface area contributed by atoms with E-state index in [1.54, 1.807) is 17.8 Å². The van der Waals surface area contributed by atoms with Gasteiger partial charge >= 0.3 is 5.63 Å². The Morgan fingerprint density at radius 1 is 0.970 bits per heavy atom. The van der Waals surface area contributed by atoms with Crippen molar-refractivity contribution in [2.24, 2.45) is 0 Å². The van der Waals surface area contributed by atoms with Gasteiger partial charge in [-0.1, -0.05) is 36.4 Å². The molecule has 5 rings (SSSR count). The number of piperidine rings is 1. The van der Waals surface area contributed by atoms with Crippen molar-refractivity contribution in [2.75, 3.05) is 13.1 Å². The van der Waals surface area contributed by atoms with E-state index in [9.17, 15) is 4.79 Å². The zero-order valence-electron chi connectivity index (χ0n) is 19.1. The topological polar surface area (TPSA) is 64.2 Å². The number of nitrogens with zero attached hydrogens (tertiary/aromatic N) is 4. The number of benzene rings is 2. The van der Waals surface area contributed by atoms with Gasteiger partial charge in [0.2, 0.25) is 0 Å². The summed E-state index contributed by atoms with van der Waals surface area (Å²) < 4.78 is 7.62. The van der Waals surface area contributed by atoms with E-state index in [0.29, 0.717) is 11.3 Å². The molecule has 0 bridgehead atoms. The molecular weight excluding hydrogens is 432 g/mol. The molecule has 0 spiro atoms. The summed E-state index contributed by atoms with van der Waals surface area (Å²) in [5, 5.41) is 10.9. The van der Waals surface area contributed by atoms with Crippen molar-refractivity contribution in [3.05, 3.63) is 81.5 Å². The van der Waals surface area contributed by atoms with Gasteiger partial charge in [0.1, 0.15) is 5.58 Å². The van der Waals surface area contributed by atoms with Crippen molar-refractivity contribution in [3.8, 4) is 5.69 Å². The van der Waals surface area contributed by atoms with Crippen LogP contribution in [0.1, 0.15) is 41.8 Å². The highest BCUT2D eigenvalue weighted by Gasteiger charge is 2.19. The molecule has 0 atom stereocenters. The Morgan fingerprint density at radius 3 is 2.52 bits per heavy atom. The third kappa shape index (κ3) is 4.75. The Morgan fingerprint density at radius 2 is 1.73 bits per heavy atom. The number of hydrogen-bond acceptors (Lipinski definition) is 6. The number of aryl methyl sites for hydroxylation is 2. The van der Waals surface area contributed by atoms with Gasteiger partial charge in [0.25, 0.3) is 0 Å². The highest BCUT2D eigenvalue weighted by atomic mass is 32.2. The Hall–Kier alpha value is -2.90. The molecule has 1 saturated heterocycles. The summed E-state index contributed by atoms with van der Waals surface area (Å²) in [5.74, 6) is 1.56. The second kappa shape index (κ2) is 9.53. The maximum atomic E-state index is 12.2. The van der Waals surface area contributed by atoms with Crippen molar-refractivity contribution in [2.45, 2.75) is 50.6 Å². The second-order valence-electron chi connectivity index (χ2n) is 8.72. The quantitative estimate of drug-likeness (QED) is 0.289. The van der Waals surface area contributed by atoms with E-state index in [4.69, 9.17) is 4.42 Å². The molecule has 170 valence electrons. The molecule has 0 amide bonds. The van der Waals surface area contributed by atoms with E-state index < -0.39 is 0 Å². The third-order valence-electron chi connectivity index (χ3n) is 6.33. The van der Waals surface area contributed by atoms with Gasteiger partial charge in [0.15, 0.2) is 11.0 Å². The first kappa shape index (κ1) is 21.9. The van der Waals surface area contributed by atoms with Gasteiger partial charge in [-0.05, 0) is 80.7 Å². The van der Waals surface area contributed by atoms with E-state index in [2.05, 4.69) is 44.8 Å². The number of hydrogen-bond donors (Lipinski definition) is 0. The second-order valence-corrected chi connectivity index (χ2v) is 9.66. The van der Waals surface area contributed by atoms with Crippen LogP contribution in [0.15, 0.2) is 62.9 Å². The lowest BCUT2D eigenvalue weighted by Crippen LogP contribution is -2.30. The first-order valence-electron chi connectivity index (χ1n) is 11.5. The van der Waals surface area contributed by atoms with Crippen LogP contribution in [0.5, 0.6) is 0 Å². The highest BCUT2D eigenvalue weighted by Crippen LogP contribution is 2.29. The lowest BCUT2D eigenvalue weighted by molar-refractivity contribution is 0.214. The van der Waals surface area contributed by atoms with Crippen LogP contribution in [0, 0.1) is 13.8 Å². The van der Waals surface area contributed by atoms with Crippen LogP contribution in [-0.4, -0.2) is 32.8 Å². The Balaban J connectivity index is 1.48. The molecule has 4 aromatic rings. The van der Waals surface area contributed by atoms with Gasteiger partial charge in [0.05, 0.1) is 6.54 Å². The normalized spacial score (nSPS) is 14.7. The average molecular weight is 461 g/mol. The van der Waals surface area contributed by atoms with Crippen molar-refractivity contribution in [3.63, 3.8) is 0 Å². The predicted molar refractivity (Wildman–Crippen MR) is 132 cm³/mol. The summed E-state index contributed by atoms with van der Waals surface area (Å²) in [6, 6.07) is 15.9. The van der Waals surface area contributed by atoms with E-state index in [1.807, 2.05) is 31.2 Å². The molecule has 2 aromatic carbocycles. The monoisotopic (exact) mass is 460 g/mol. The van der Waals surface area contributed by atoms with Crippen LogP contribution in [0.25, 0.3) is 16.7 Å². The highest BCUT2D eigenvalue weighted by molar-refractivity contribution is 7.98. The summed E-state index contributed by atoms with van der Waals surface area (Å²) in [4.78, 5) is 14.7. The molecule has 0 aliphatic carbocycles. The van der Waals surface area contributed by atoms with Gasteiger partial charge in [-0.2, -0.15) is 0 Å². The Kier molecular flexibility index (Phi) is 6.33. The van der Waals surface area contributed by atoms with Gasteiger partial charge < -0.3 is 4.42 Å². The average Bonchev–Trinajstić information content (AvgIpc) is 3.22. The molecular formula is C26H28N4O2S. The smallest absolute Gasteiger partial charge is 0.336 e. The fourth-order valence-corrected chi connectivity index (χ4v) is 5.36. The molecule has 2 aromatic heterocycles. The third-order valence-corrected chi connectivity index (χ3v) is 7.31. The molecule has 1 fully saturated rings. The molecule has 7 heteroatoms. The van der Waals surface area contributed by atoms with Gasteiger partial charge in [0, 0.05) is 22.9 Å². The molecule has 0 radical (unpaired) electrons. The summed E-state index contributed by atoms with van der Waals surface area (Å²) in [6.45, 7) is 7.11. The number of thioether (sulfide) groups is 1. The standard InChI is InChI=1S/C26H28N4O2S/c1-18-13-22-20(15-25(31)32-23(22)14-19(18)2)17-33-26-28-27-24(16-29-11-7-4-8-12-29)30(26)21-9-5-3-6-10-21/h3,5-6,9-10,13-15H,4,7-8,11-12,16-17H2,1-2H3. The molecule has 33 heavy (non-hydrogen) atoms. The Bertz CT molecular complexity index is 1320. The summed E-state index contributed by atoms with van der Waals surface area (Å²) in [6.07, 6.45) is 3.79. The minimum absolute atomic E-state index is 0.323. The SMILES string of the molecule is Cc1cc2oc(=O)cc(CSc3nnc(CN4CCCCC4)n3-c3ccccc3)c2cc1C. The van der Waals surface area contributed by atoms with Crippen molar-refractivity contribution >= 4 is 22.7 Å². The van der Waals surface area contributed by atoms with Crippen molar-refractivity contribution < 1.29 is 4.42 Å². The minimum Gasteiger partial charge on any atom is -0.423 e. The predicted octanol–water partition coefficient (Wildman–Crippen LogP) is 5.27. The molecule has 6 nitrogen and oxygen atoms in total. The van der Waals surface area contributed by atoms with E-state index >= 15 is 0 Å². The van der Waals surface area contributed by atoms with E-state index in [-0.39, 0.29) is 5.63 Å². The number of likely N-dealkylation sites (tertiary alicyclic amines) is 1. The van der Waals surface area contributed by atoms with Crippen LogP contribution in [0.2, 0.25) is 0 Å². The number of para-hydroxylation sites is 1. The van der Waals surface area contributed by atoms with Crippen LogP contribution in [-0.2, 0) is 12.3 Å². The summed E-state index contributed by atoms with van der Waals surface area (Å²) in [7, 11) is 0. The first-order chi connectivity index (χ1) is 16.1. The lowest BCUT2D eigenvalue weighted by Gasteiger charge is -2.26. The molecule has 0 saturated carbocycles. The van der Waals surface area contributed by atoms with Gasteiger partial charge in [-0.25, -0.2) is 4.79 Å². The fourth-order valence-electron chi connectivity index (χ4n) is 4.39. The zero-order valence-corrected chi connectivity index (χ0v) is 19.9. The van der Waals surface area contributed by atoms with Crippen LogP contribution in [0.4, 0.5) is 0 Å². The molecule has 1 aliphatic rings. The van der Waals surface area contributed by atoms with Crippen molar-refractivity contribution in [1.82, 2.24) is 19.7 Å². The largest absolute Gasteiger partial charge is 0.423 e. The van der Waals surface area contributed by atoms with Gasteiger partial charge in [-0.15, -0.1) is 10.2 Å². The number of aromatic nitrogens is 3. The first-order valence-corrected chi connectivity index (χ1v) is 12.5. The maximum Gasteiger partial charge on any atom is 0.336 e.